The number of hydrogen-bond acceptors (Lipinski definition) is 1. The molecular formula is C31H52FN. The Hall–Kier alpha value is -2.09. The van der Waals surface area contributed by atoms with Crippen LogP contribution >= 0.6 is 0 Å². The van der Waals surface area contributed by atoms with Gasteiger partial charge in [-0.25, -0.2) is 4.39 Å². The molecule has 0 aliphatic heterocycles. The Bertz CT molecular complexity index is 731. The molecule has 0 fully saturated rings. The van der Waals surface area contributed by atoms with E-state index in [1.54, 1.807) is 6.07 Å². The first-order valence-corrected chi connectivity index (χ1v) is 13.2. The molecule has 0 saturated heterocycles. The Balaban J connectivity index is 0. The fourth-order valence-electron chi connectivity index (χ4n) is 3.27. The van der Waals surface area contributed by atoms with E-state index in [0.29, 0.717) is 11.3 Å². The van der Waals surface area contributed by atoms with Crippen LogP contribution in [-0.4, -0.2) is 7.05 Å². The third kappa shape index (κ3) is 13.3. The summed E-state index contributed by atoms with van der Waals surface area (Å²) in [5, 5.41) is 0. The minimum Gasteiger partial charge on any atom is -0.344 e. The number of anilines is 1. The summed E-state index contributed by atoms with van der Waals surface area (Å²) in [5.41, 5.74) is 4.63. The fraction of sp³-hybridized carbons (Fsp3) is 0.548. The van der Waals surface area contributed by atoms with Crippen molar-refractivity contribution < 1.29 is 4.39 Å². The molecule has 33 heavy (non-hydrogen) atoms. The third-order valence-electron chi connectivity index (χ3n) is 5.25. The van der Waals surface area contributed by atoms with Crippen LogP contribution in [0, 0.1) is 12.7 Å². The van der Waals surface area contributed by atoms with Crippen LogP contribution < -0.4 is 4.90 Å². The molecule has 0 aromatic heterocycles. The van der Waals surface area contributed by atoms with E-state index in [9.17, 15) is 4.39 Å². The number of hydrogen-bond donors (Lipinski definition) is 0. The van der Waals surface area contributed by atoms with Crippen molar-refractivity contribution in [3.8, 4) is 0 Å². The second-order valence-electron chi connectivity index (χ2n) is 7.77. The molecule has 2 heteroatoms. The summed E-state index contributed by atoms with van der Waals surface area (Å²) in [6, 6.07) is 13.4. The van der Waals surface area contributed by atoms with Crippen molar-refractivity contribution in [3.05, 3.63) is 71.6 Å². The highest BCUT2D eigenvalue weighted by atomic mass is 19.1. The molecule has 0 bridgehead atoms. The van der Waals surface area contributed by atoms with Crippen molar-refractivity contribution in [1.82, 2.24) is 0 Å². The SMILES string of the molecule is C=C(c1cc(CCCC)ccc1F)N(C)c1ccccc1C.CC.CC.CCCCCCC. The van der Waals surface area contributed by atoms with Crippen LogP contribution in [-0.2, 0) is 6.42 Å². The van der Waals surface area contributed by atoms with Crippen LogP contribution in [0.2, 0.25) is 0 Å². The van der Waals surface area contributed by atoms with Gasteiger partial charge in [0.25, 0.3) is 0 Å². The van der Waals surface area contributed by atoms with E-state index in [0.717, 1.165) is 36.1 Å². The maximum absolute atomic E-state index is 14.2. The van der Waals surface area contributed by atoms with Gasteiger partial charge in [0, 0.05) is 24.0 Å². The highest BCUT2D eigenvalue weighted by Gasteiger charge is 2.13. The van der Waals surface area contributed by atoms with Crippen molar-refractivity contribution in [3.63, 3.8) is 0 Å². The molecule has 0 spiro atoms. The molecule has 1 nitrogen and oxygen atoms in total. The van der Waals surface area contributed by atoms with Crippen LogP contribution in [0.25, 0.3) is 5.70 Å². The number of aryl methyl sites for hydroxylation is 2. The minimum absolute atomic E-state index is 0.217. The lowest BCUT2D eigenvalue weighted by Crippen LogP contribution is -2.16. The average Bonchev–Trinajstić information content (AvgIpc) is 2.86. The molecule has 0 radical (unpaired) electrons. The maximum atomic E-state index is 14.2. The number of para-hydroxylation sites is 1. The second-order valence-corrected chi connectivity index (χ2v) is 7.77. The Morgan fingerprint density at radius 2 is 1.36 bits per heavy atom. The fourth-order valence-corrected chi connectivity index (χ4v) is 3.27. The van der Waals surface area contributed by atoms with E-state index in [-0.39, 0.29) is 5.82 Å². The summed E-state index contributed by atoms with van der Waals surface area (Å²) >= 11 is 0. The monoisotopic (exact) mass is 457 g/mol. The summed E-state index contributed by atoms with van der Waals surface area (Å²) in [7, 11) is 1.93. The van der Waals surface area contributed by atoms with Crippen molar-refractivity contribution in [2.45, 2.75) is 107 Å². The molecule has 0 heterocycles. The first kappa shape index (κ1) is 33.1. The van der Waals surface area contributed by atoms with Crippen molar-refractivity contribution in [1.29, 1.82) is 0 Å². The van der Waals surface area contributed by atoms with Crippen LogP contribution in [0.5, 0.6) is 0 Å². The first-order valence-electron chi connectivity index (χ1n) is 13.2. The zero-order valence-electron chi connectivity index (χ0n) is 23.2. The molecular weight excluding hydrogens is 405 g/mol. The highest BCUT2D eigenvalue weighted by Crippen LogP contribution is 2.28. The van der Waals surface area contributed by atoms with E-state index in [4.69, 9.17) is 0 Å². The summed E-state index contributed by atoms with van der Waals surface area (Å²) < 4.78 is 14.2. The van der Waals surface area contributed by atoms with Gasteiger partial charge in [-0.3, -0.25) is 0 Å². The standard InChI is InChI=1S/C20H24FN.C7H16.2C2H6/c1-5-6-10-17-12-13-19(21)18(14-17)16(3)22(4)20-11-8-7-9-15(20)2;1-3-5-7-6-4-2;2*1-2/h7-9,11-14H,3,5-6,10H2,1-2,4H3;3-7H2,1-2H3;2*1-2H3. The van der Waals surface area contributed by atoms with Gasteiger partial charge in [0.2, 0.25) is 0 Å². The number of halogens is 1. The van der Waals surface area contributed by atoms with E-state index >= 15 is 0 Å². The lowest BCUT2D eigenvalue weighted by atomic mass is 10.0. The van der Waals surface area contributed by atoms with E-state index in [2.05, 4.69) is 27.4 Å². The van der Waals surface area contributed by atoms with Crippen LogP contribution in [0.1, 0.15) is 110 Å². The van der Waals surface area contributed by atoms with Gasteiger partial charge in [-0.15, -0.1) is 0 Å². The van der Waals surface area contributed by atoms with Gasteiger partial charge in [0.15, 0.2) is 0 Å². The molecule has 188 valence electrons. The number of rotatable bonds is 10. The van der Waals surface area contributed by atoms with Crippen molar-refractivity contribution >= 4 is 11.4 Å². The molecule has 0 unspecified atom stereocenters. The van der Waals surface area contributed by atoms with Gasteiger partial charge in [0.05, 0.1) is 0 Å². The summed E-state index contributed by atoms with van der Waals surface area (Å²) in [6.07, 6.45) is 10.2. The Morgan fingerprint density at radius 3 is 1.88 bits per heavy atom. The van der Waals surface area contributed by atoms with Gasteiger partial charge in [-0.05, 0) is 49.1 Å². The van der Waals surface area contributed by atoms with Gasteiger partial charge >= 0.3 is 0 Å². The van der Waals surface area contributed by atoms with Crippen LogP contribution in [0.4, 0.5) is 10.1 Å². The maximum Gasteiger partial charge on any atom is 0.132 e. The van der Waals surface area contributed by atoms with E-state index in [1.807, 2.05) is 83.0 Å². The normalized spacial score (nSPS) is 9.39. The second kappa shape index (κ2) is 21.7. The molecule has 0 saturated carbocycles. The Labute approximate surface area is 206 Å². The molecule has 2 aromatic rings. The van der Waals surface area contributed by atoms with Crippen molar-refractivity contribution in [2.75, 3.05) is 11.9 Å². The van der Waals surface area contributed by atoms with Gasteiger partial charge in [0.1, 0.15) is 5.82 Å². The Morgan fingerprint density at radius 1 is 0.818 bits per heavy atom. The molecule has 0 atom stereocenters. The Kier molecular flexibility index (Phi) is 21.8. The zero-order chi connectivity index (χ0) is 25.6. The van der Waals surface area contributed by atoms with Gasteiger partial charge in [-0.2, -0.15) is 0 Å². The molecule has 0 amide bonds. The molecule has 0 aliphatic carbocycles. The smallest absolute Gasteiger partial charge is 0.132 e. The molecule has 0 N–H and O–H groups in total. The van der Waals surface area contributed by atoms with Gasteiger partial charge < -0.3 is 4.90 Å². The largest absolute Gasteiger partial charge is 0.344 e. The topological polar surface area (TPSA) is 3.24 Å². The van der Waals surface area contributed by atoms with Crippen LogP contribution in [0.15, 0.2) is 49.0 Å². The predicted molar refractivity (Wildman–Crippen MR) is 151 cm³/mol. The molecule has 2 rings (SSSR count). The summed E-state index contributed by atoms with van der Waals surface area (Å²) in [4.78, 5) is 1.96. The van der Waals surface area contributed by atoms with Gasteiger partial charge in [-0.1, -0.05) is 118 Å². The van der Waals surface area contributed by atoms with E-state index in [1.165, 1.54) is 32.1 Å². The molecule has 2 aromatic carbocycles. The zero-order valence-corrected chi connectivity index (χ0v) is 23.2. The quantitative estimate of drug-likeness (QED) is 0.321. The lowest BCUT2D eigenvalue weighted by Gasteiger charge is -2.24. The summed E-state index contributed by atoms with van der Waals surface area (Å²) in [5.74, 6) is -0.217. The first-order chi connectivity index (χ1) is 16.0. The van der Waals surface area contributed by atoms with Crippen LogP contribution in [0.3, 0.4) is 0 Å². The average molecular weight is 458 g/mol. The predicted octanol–water partition coefficient (Wildman–Crippen LogP) is 10.6. The lowest BCUT2D eigenvalue weighted by molar-refractivity contribution is 0.622. The minimum atomic E-state index is -0.217. The summed E-state index contributed by atoms with van der Waals surface area (Å²) in [6.45, 7) is 20.8. The molecule has 0 aliphatic rings. The third-order valence-corrected chi connectivity index (χ3v) is 5.25. The van der Waals surface area contributed by atoms with E-state index < -0.39 is 0 Å². The highest BCUT2D eigenvalue weighted by molar-refractivity contribution is 5.79. The number of unbranched alkanes of at least 4 members (excludes halogenated alkanes) is 5. The van der Waals surface area contributed by atoms with Crippen molar-refractivity contribution in [2.24, 2.45) is 0 Å². The number of benzene rings is 2. The number of nitrogens with zero attached hydrogens (tertiary/aromatic N) is 1.